The van der Waals surface area contributed by atoms with Gasteiger partial charge in [0, 0.05) is 17.2 Å². The molecule has 0 fully saturated rings. The van der Waals surface area contributed by atoms with Gasteiger partial charge in [-0.3, -0.25) is 0 Å². The molecule has 5 nitrogen and oxygen atoms in total. The smallest absolute Gasteiger partial charge is 0.146 e. The van der Waals surface area contributed by atoms with Crippen molar-refractivity contribution in [2.24, 2.45) is 0 Å². The van der Waals surface area contributed by atoms with E-state index < -0.39 is 0 Å². The molecule has 0 bridgehead atoms. The highest BCUT2D eigenvalue weighted by Gasteiger charge is 2.09. The third-order valence-corrected chi connectivity index (χ3v) is 3.95. The molecule has 0 saturated carbocycles. The number of halogens is 2. The number of aryl methyl sites for hydroxylation is 1. The maximum Gasteiger partial charge on any atom is 0.146 e. The molecule has 2 N–H and O–H groups in total. The van der Waals surface area contributed by atoms with Gasteiger partial charge in [0.25, 0.3) is 0 Å². The molecule has 0 aliphatic rings. The maximum atomic E-state index is 13.8. The summed E-state index contributed by atoms with van der Waals surface area (Å²) < 4.78 is 19.1. The predicted octanol–water partition coefficient (Wildman–Crippen LogP) is 5.07. The van der Waals surface area contributed by atoms with Crippen LogP contribution in [0, 0.1) is 12.7 Å². The Labute approximate surface area is 149 Å². The molecule has 0 unspecified atom stereocenters. The zero-order chi connectivity index (χ0) is 17.8. The monoisotopic (exact) mass is 358 g/mol. The summed E-state index contributed by atoms with van der Waals surface area (Å²) >= 11 is 6.12. The maximum absolute atomic E-state index is 13.8. The van der Waals surface area contributed by atoms with Crippen LogP contribution in [0.25, 0.3) is 0 Å². The van der Waals surface area contributed by atoms with Crippen LogP contribution in [-0.4, -0.2) is 17.1 Å². The first-order valence-electron chi connectivity index (χ1n) is 7.51. The number of anilines is 4. The summed E-state index contributed by atoms with van der Waals surface area (Å²) in [5.74, 6) is 1.24. The Kier molecular flexibility index (Phi) is 5.00. The van der Waals surface area contributed by atoms with E-state index in [9.17, 15) is 4.39 Å². The summed E-state index contributed by atoms with van der Waals surface area (Å²) in [6, 6.07) is 11.7. The van der Waals surface area contributed by atoms with Gasteiger partial charge in [0.2, 0.25) is 0 Å². The molecule has 0 atom stereocenters. The minimum atomic E-state index is -0.356. The Morgan fingerprint density at radius 3 is 2.36 bits per heavy atom. The van der Waals surface area contributed by atoms with Crippen LogP contribution in [0.2, 0.25) is 5.02 Å². The van der Waals surface area contributed by atoms with Gasteiger partial charge in [0.15, 0.2) is 0 Å². The lowest BCUT2D eigenvalue weighted by Gasteiger charge is -2.13. The fourth-order valence-electron chi connectivity index (χ4n) is 2.26. The number of rotatable bonds is 5. The van der Waals surface area contributed by atoms with Gasteiger partial charge in [0.1, 0.15) is 29.5 Å². The highest BCUT2D eigenvalue weighted by atomic mass is 35.5. The molecule has 2 aromatic carbocycles. The van der Waals surface area contributed by atoms with Crippen LogP contribution in [0.1, 0.15) is 5.56 Å². The van der Waals surface area contributed by atoms with Crippen molar-refractivity contribution in [3.63, 3.8) is 0 Å². The summed E-state index contributed by atoms with van der Waals surface area (Å²) in [6.07, 6.45) is 1.39. The van der Waals surface area contributed by atoms with Crippen LogP contribution in [0.5, 0.6) is 5.75 Å². The van der Waals surface area contributed by atoms with Gasteiger partial charge in [-0.1, -0.05) is 23.7 Å². The van der Waals surface area contributed by atoms with Crippen LogP contribution in [-0.2, 0) is 0 Å². The van der Waals surface area contributed by atoms with Gasteiger partial charge in [-0.15, -0.1) is 0 Å². The van der Waals surface area contributed by atoms with Gasteiger partial charge in [-0.05, 0) is 30.7 Å². The first kappa shape index (κ1) is 17.0. The Hall–Kier alpha value is -2.86. The van der Waals surface area contributed by atoms with E-state index in [-0.39, 0.29) is 5.82 Å². The number of methoxy groups -OCH3 is 1. The number of hydrogen-bond acceptors (Lipinski definition) is 5. The van der Waals surface area contributed by atoms with Crippen molar-refractivity contribution in [3.05, 3.63) is 65.2 Å². The van der Waals surface area contributed by atoms with Crippen molar-refractivity contribution in [3.8, 4) is 5.75 Å². The van der Waals surface area contributed by atoms with E-state index in [2.05, 4.69) is 20.6 Å². The summed E-state index contributed by atoms with van der Waals surface area (Å²) in [4.78, 5) is 8.29. The van der Waals surface area contributed by atoms with Crippen molar-refractivity contribution in [1.29, 1.82) is 0 Å². The van der Waals surface area contributed by atoms with Gasteiger partial charge in [0.05, 0.1) is 18.5 Å². The largest absolute Gasteiger partial charge is 0.495 e. The zero-order valence-corrected chi connectivity index (χ0v) is 14.4. The highest BCUT2D eigenvalue weighted by molar-refractivity contribution is 6.31. The molecule has 3 rings (SSSR count). The Bertz CT molecular complexity index is 904. The molecule has 3 aromatic rings. The number of nitrogens with one attached hydrogen (secondary N) is 2. The molecule has 7 heteroatoms. The minimum absolute atomic E-state index is 0.340. The third-order valence-electron chi connectivity index (χ3n) is 3.55. The van der Waals surface area contributed by atoms with E-state index in [4.69, 9.17) is 16.3 Å². The summed E-state index contributed by atoms with van der Waals surface area (Å²) in [5, 5.41) is 6.71. The Balaban J connectivity index is 1.85. The first-order valence-corrected chi connectivity index (χ1v) is 7.89. The van der Waals surface area contributed by atoms with E-state index in [0.717, 1.165) is 11.3 Å². The molecule has 1 aromatic heterocycles. The molecule has 0 amide bonds. The fourth-order valence-corrected chi connectivity index (χ4v) is 2.42. The highest BCUT2D eigenvalue weighted by Crippen LogP contribution is 2.33. The standard InChI is InChI=1S/C18H16ClFN4O/c1-11-7-15(16(25-2)8-12(11)19)24-18-9-17(21-10-22-18)23-14-6-4-3-5-13(14)20/h3-10H,1-2H3,(H2,21,22,23,24). The van der Waals surface area contributed by atoms with Crippen molar-refractivity contribution in [2.75, 3.05) is 17.7 Å². The molecule has 1 heterocycles. The summed E-state index contributed by atoms with van der Waals surface area (Å²) in [5.41, 5.74) is 1.97. The SMILES string of the molecule is COc1cc(Cl)c(C)cc1Nc1cc(Nc2ccccc2F)ncn1. The molecule has 0 saturated heterocycles. The van der Waals surface area contributed by atoms with Crippen molar-refractivity contribution >= 4 is 34.6 Å². The van der Waals surface area contributed by atoms with Crippen molar-refractivity contribution in [1.82, 2.24) is 9.97 Å². The van der Waals surface area contributed by atoms with E-state index in [0.29, 0.717) is 28.1 Å². The van der Waals surface area contributed by atoms with E-state index in [1.807, 2.05) is 13.0 Å². The third kappa shape index (κ3) is 3.97. The first-order chi connectivity index (χ1) is 12.1. The van der Waals surface area contributed by atoms with Crippen LogP contribution in [0.4, 0.5) is 27.4 Å². The lowest BCUT2D eigenvalue weighted by molar-refractivity contribution is 0.416. The Morgan fingerprint density at radius 2 is 1.68 bits per heavy atom. The van der Waals surface area contributed by atoms with Crippen LogP contribution >= 0.6 is 11.6 Å². The fraction of sp³-hybridized carbons (Fsp3) is 0.111. The normalized spacial score (nSPS) is 10.4. The van der Waals surface area contributed by atoms with Crippen molar-refractivity contribution < 1.29 is 9.13 Å². The second kappa shape index (κ2) is 7.36. The van der Waals surface area contributed by atoms with Crippen LogP contribution in [0.3, 0.4) is 0 Å². The Morgan fingerprint density at radius 1 is 1.00 bits per heavy atom. The number of hydrogen-bond donors (Lipinski definition) is 2. The van der Waals surface area contributed by atoms with Gasteiger partial charge in [-0.25, -0.2) is 14.4 Å². The molecular formula is C18H16ClFN4O. The van der Waals surface area contributed by atoms with Gasteiger partial charge in [-0.2, -0.15) is 0 Å². The molecule has 0 spiro atoms. The molecule has 0 aliphatic heterocycles. The molecule has 128 valence electrons. The lowest BCUT2D eigenvalue weighted by atomic mass is 10.2. The molecule has 0 aliphatic carbocycles. The van der Waals surface area contributed by atoms with E-state index in [1.54, 1.807) is 37.4 Å². The second-order valence-electron chi connectivity index (χ2n) is 5.32. The average molecular weight is 359 g/mol. The number of nitrogens with zero attached hydrogens (tertiary/aromatic N) is 2. The second-order valence-corrected chi connectivity index (χ2v) is 5.73. The number of para-hydroxylation sites is 1. The van der Waals surface area contributed by atoms with Crippen LogP contribution < -0.4 is 15.4 Å². The van der Waals surface area contributed by atoms with E-state index >= 15 is 0 Å². The van der Waals surface area contributed by atoms with Crippen molar-refractivity contribution in [2.45, 2.75) is 6.92 Å². The number of ether oxygens (including phenoxy) is 1. The average Bonchev–Trinajstić information content (AvgIpc) is 2.60. The van der Waals surface area contributed by atoms with Gasteiger partial charge >= 0.3 is 0 Å². The predicted molar refractivity (Wildman–Crippen MR) is 97.7 cm³/mol. The summed E-state index contributed by atoms with van der Waals surface area (Å²) in [6.45, 7) is 1.90. The van der Waals surface area contributed by atoms with Gasteiger partial charge < -0.3 is 15.4 Å². The molecular weight excluding hydrogens is 343 g/mol. The van der Waals surface area contributed by atoms with Crippen LogP contribution in [0.15, 0.2) is 48.8 Å². The molecule has 25 heavy (non-hydrogen) atoms. The number of benzene rings is 2. The molecule has 0 radical (unpaired) electrons. The summed E-state index contributed by atoms with van der Waals surface area (Å²) in [7, 11) is 1.57. The minimum Gasteiger partial charge on any atom is -0.495 e. The van der Waals surface area contributed by atoms with E-state index in [1.165, 1.54) is 12.4 Å². The zero-order valence-electron chi connectivity index (χ0n) is 13.7. The topological polar surface area (TPSA) is 59.1 Å². The lowest BCUT2D eigenvalue weighted by Crippen LogP contribution is -2.01. The number of aromatic nitrogens is 2. The quantitative estimate of drug-likeness (QED) is 0.666.